The molecule has 2 nitrogen and oxygen atoms in total. The number of aromatic nitrogens is 1. The largest absolute Gasteiger partial charge is 0.387 e. The first-order valence-electron chi connectivity index (χ1n) is 3.41. The zero-order chi connectivity index (χ0) is 8.43. The quantitative estimate of drug-likeness (QED) is 0.780. The summed E-state index contributed by atoms with van der Waals surface area (Å²) in [5.41, 5.74) is 1.81. The van der Waals surface area contributed by atoms with Gasteiger partial charge < -0.3 is 5.11 Å². The number of halogens is 1. The van der Waals surface area contributed by atoms with Crippen LogP contribution in [-0.4, -0.2) is 10.1 Å². The van der Waals surface area contributed by atoms with Gasteiger partial charge in [0.05, 0.1) is 11.8 Å². The van der Waals surface area contributed by atoms with Gasteiger partial charge >= 0.3 is 0 Å². The van der Waals surface area contributed by atoms with Gasteiger partial charge in [-0.2, -0.15) is 0 Å². The van der Waals surface area contributed by atoms with Crippen LogP contribution in [0.3, 0.4) is 0 Å². The number of hydrogen-bond donors (Lipinski definition) is 1. The minimum atomic E-state index is -0.484. The third kappa shape index (κ3) is 2.01. The molecule has 11 heavy (non-hydrogen) atoms. The second-order valence-electron chi connectivity index (χ2n) is 2.53. The van der Waals surface area contributed by atoms with Crippen molar-refractivity contribution in [3.8, 4) is 0 Å². The lowest BCUT2D eigenvalue weighted by Gasteiger charge is -2.04. The topological polar surface area (TPSA) is 33.1 Å². The molecule has 0 saturated carbocycles. The minimum Gasteiger partial charge on any atom is -0.387 e. The van der Waals surface area contributed by atoms with Crippen molar-refractivity contribution in [2.75, 3.05) is 0 Å². The maximum Gasteiger partial charge on any atom is 0.0931 e. The number of aliphatic hydroxyl groups is 1. The van der Waals surface area contributed by atoms with Gasteiger partial charge in [0.25, 0.3) is 0 Å². The average molecular weight is 216 g/mol. The van der Waals surface area contributed by atoms with Crippen LogP contribution in [0.5, 0.6) is 0 Å². The van der Waals surface area contributed by atoms with Crippen molar-refractivity contribution in [2.24, 2.45) is 0 Å². The van der Waals surface area contributed by atoms with Gasteiger partial charge in [-0.3, -0.25) is 4.98 Å². The number of nitrogens with zero attached hydrogens (tertiary/aromatic N) is 1. The maximum atomic E-state index is 9.16. The highest BCUT2D eigenvalue weighted by Crippen LogP contribution is 2.17. The summed E-state index contributed by atoms with van der Waals surface area (Å²) >= 11 is 3.33. The molecule has 0 aliphatic rings. The van der Waals surface area contributed by atoms with E-state index in [-0.39, 0.29) is 0 Å². The molecule has 1 atom stereocenters. The van der Waals surface area contributed by atoms with E-state index in [2.05, 4.69) is 20.9 Å². The first-order valence-corrected chi connectivity index (χ1v) is 4.20. The number of pyridine rings is 1. The molecule has 1 N–H and O–H groups in total. The average Bonchev–Trinajstić information content (AvgIpc) is 1.94. The van der Waals surface area contributed by atoms with Gasteiger partial charge in [-0.05, 0) is 41.4 Å². The fraction of sp³-hybridized carbons (Fsp3) is 0.375. The van der Waals surface area contributed by atoms with Crippen LogP contribution in [-0.2, 0) is 0 Å². The summed E-state index contributed by atoms with van der Waals surface area (Å²) < 4.78 is 0.974. The van der Waals surface area contributed by atoms with Crippen molar-refractivity contribution in [3.63, 3.8) is 0 Å². The molecule has 1 aromatic rings. The van der Waals surface area contributed by atoms with Crippen LogP contribution in [0.1, 0.15) is 24.3 Å². The molecule has 0 aliphatic heterocycles. The van der Waals surface area contributed by atoms with Crippen molar-refractivity contribution in [1.29, 1.82) is 0 Å². The van der Waals surface area contributed by atoms with Gasteiger partial charge in [-0.1, -0.05) is 0 Å². The molecule has 1 aromatic heterocycles. The first-order chi connectivity index (χ1) is 5.11. The fourth-order valence-corrected chi connectivity index (χ4v) is 1.01. The highest BCUT2D eigenvalue weighted by Gasteiger charge is 2.03. The molecular formula is C8H10BrNO. The minimum absolute atomic E-state index is 0.484. The van der Waals surface area contributed by atoms with Crippen LogP contribution >= 0.6 is 15.9 Å². The summed E-state index contributed by atoms with van der Waals surface area (Å²) in [6.07, 6.45) is 1.22. The molecule has 1 heterocycles. The summed E-state index contributed by atoms with van der Waals surface area (Å²) in [5.74, 6) is 0. The molecule has 0 spiro atoms. The molecule has 3 heteroatoms. The summed E-state index contributed by atoms with van der Waals surface area (Å²) in [6, 6.07) is 1.87. The molecule has 0 saturated heterocycles. The fourth-order valence-electron chi connectivity index (χ4n) is 0.790. The number of rotatable bonds is 1. The van der Waals surface area contributed by atoms with Gasteiger partial charge in [-0.15, -0.1) is 0 Å². The predicted molar refractivity (Wildman–Crippen MR) is 47.3 cm³/mol. The lowest BCUT2D eigenvalue weighted by Crippen LogP contribution is -1.95. The molecule has 0 aliphatic carbocycles. The Morgan fingerprint density at radius 2 is 2.27 bits per heavy atom. The van der Waals surface area contributed by atoms with E-state index in [1.54, 1.807) is 13.1 Å². The summed E-state index contributed by atoms with van der Waals surface area (Å²) in [6.45, 7) is 3.67. The lowest BCUT2D eigenvalue weighted by atomic mass is 10.2. The summed E-state index contributed by atoms with van der Waals surface area (Å²) in [4.78, 5) is 4.04. The monoisotopic (exact) mass is 215 g/mol. The molecule has 60 valence electrons. The van der Waals surface area contributed by atoms with Gasteiger partial charge in [0.1, 0.15) is 0 Å². The van der Waals surface area contributed by atoms with Gasteiger partial charge in [0.2, 0.25) is 0 Å². The van der Waals surface area contributed by atoms with E-state index in [0.717, 1.165) is 10.0 Å². The standard InChI is InChI=1S/C8H10BrNO/c1-5-3-8(6(2)11)10-4-7(5)9/h3-4,6,11H,1-2H3. The highest BCUT2D eigenvalue weighted by molar-refractivity contribution is 9.10. The van der Waals surface area contributed by atoms with Crippen molar-refractivity contribution in [1.82, 2.24) is 4.98 Å². The Kier molecular flexibility index (Phi) is 2.62. The molecule has 0 fully saturated rings. The Morgan fingerprint density at radius 3 is 2.73 bits per heavy atom. The second-order valence-corrected chi connectivity index (χ2v) is 3.39. The van der Waals surface area contributed by atoms with E-state index in [9.17, 15) is 0 Å². The van der Waals surface area contributed by atoms with E-state index in [1.165, 1.54) is 0 Å². The van der Waals surface area contributed by atoms with Crippen LogP contribution in [0.4, 0.5) is 0 Å². The Labute approximate surface area is 74.4 Å². The number of aliphatic hydroxyl groups excluding tert-OH is 1. The molecule has 0 aromatic carbocycles. The molecule has 0 bridgehead atoms. The lowest BCUT2D eigenvalue weighted by molar-refractivity contribution is 0.194. The van der Waals surface area contributed by atoms with Gasteiger partial charge in [0, 0.05) is 10.7 Å². The van der Waals surface area contributed by atoms with E-state index in [4.69, 9.17) is 5.11 Å². The van der Waals surface area contributed by atoms with E-state index in [0.29, 0.717) is 5.69 Å². The first kappa shape index (κ1) is 8.68. The van der Waals surface area contributed by atoms with E-state index < -0.39 is 6.10 Å². The van der Waals surface area contributed by atoms with Gasteiger partial charge in [-0.25, -0.2) is 0 Å². The zero-order valence-corrected chi connectivity index (χ0v) is 8.09. The molecule has 1 rings (SSSR count). The summed E-state index contributed by atoms with van der Waals surface area (Å²) in [7, 11) is 0. The van der Waals surface area contributed by atoms with Crippen molar-refractivity contribution in [2.45, 2.75) is 20.0 Å². The highest BCUT2D eigenvalue weighted by atomic mass is 79.9. The van der Waals surface area contributed by atoms with Crippen molar-refractivity contribution in [3.05, 3.63) is 28.0 Å². The number of hydrogen-bond acceptors (Lipinski definition) is 2. The van der Waals surface area contributed by atoms with Crippen molar-refractivity contribution >= 4 is 15.9 Å². The SMILES string of the molecule is Cc1cc(C(C)O)ncc1Br. The molecule has 0 amide bonds. The second kappa shape index (κ2) is 3.32. The van der Waals surface area contributed by atoms with Crippen LogP contribution in [0, 0.1) is 6.92 Å². The smallest absolute Gasteiger partial charge is 0.0931 e. The molecule has 1 unspecified atom stereocenters. The van der Waals surface area contributed by atoms with Gasteiger partial charge in [0.15, 0.2) is 0 Å². The third-order valence-corrected chi connectivity index (χ3v) is 2.33. The Hall–Kier alpha value is -0.410. The molecular weight excluding hydrogens is 206 g/mol. The van der Waals surface area contributed by atoms with Crippen LogP contribution < -0.4 is 0 Å². The number of aryl methyl sites for hydroxylation is 1. The van der Waals surface area contributed by atoms with Crippen molar-refractivity contribution < 1.29 is 5.11 Å². The normalized spacial score (nSPS) is 13.1. The van der Waals surface area contributed by atoms with E-state index >= 15 is 0 Å². The maximum absolute atomic E-state index is 9.16. The zero-order valence-electron chi connectivity index (χ0n) is 6.50. The van der Waals surface area contributed by atoms with Crippen LogP contribution in [0.25, 0.3) is 0 Å². The van der Waals surface area contributed by atoms with E-state index in [1.807, 2.05) is 13.0 Å². The predicted octanol–water partition coefficient (Wildman–Crippen LogP) is 2.21. The summed E-state index contributed by atoms with van der Waals surface area (Å²) in [5, 5.41) is 9.16. The van der Waals surface area contributed by atoms with Crippen LogP contribution in [0.2, 0.25) is 0 Å². The Morgan fingerprint density at radius 1 is 1.64 bits per heavy atom. The van der Waals surface area contributed by atoms with Crippen LogP contribution in [0.15, 0.2) is 16.7 Å². The Bertz CT molecular complexity index is 260. The Balaban J connectivity index is 3.05. The third-order valence-electron chi connectivity index (χ3n) is 1.50. The molecule has 0 radical (unpaired) electrons.